The van der Waals surface area contributed by atoms with Crippen LogP contribution in [0.4, 0.5) is 0 Å². The zero-order valence-electron chi connectivity index (χ0n) is 12.8. The molecule has 0 radical (unpaired) electrons. The Hall–Kier alpha value is -0.160. The summed E-state index contributed by atoms with van der Waals surface area (Å²) < 4.78 is 11.7. The maximum absolute atomic E-state index is 10.4. The highest BCUT2D eigenvalue weighted by Crippen LogP contribution is 2.38. The highest BCUT2D eigenvalue weighted by Gasteiger charge is 2.46. The Morgan fingerprint density at radius 2 is 1.84 bits per heavy atom. The van der Waals surface area contributed by atoms with Crippen molar-refractivity contribution in [1.29, 1.82) is 0 Å². The predicted molar refractivity (Wildman–Crippen MR) is 75.0 cm³/mol. The molecule has 1 saturated heterocycles. The first-order valence-electron chi connectivity index (χ1n) is 7.65. The monoisotopic (exact) mass is 271 g/mol. The van der Waals surface area contributed by atoms with Crippen molar-refractivity contribution in [1.82, 2.24) is 4.90 Å². The Morgan fingerprint density at radius 1 is 1.21 bits per heavy atom. The van der Waals surface area contributed by atoms with Gasteiger partial charge < -0.3 is 14.6 Å². The van der Waals surface area contributed by atoms with E-state index in [0.717, 1.165) is 25.8 Å². The quantitative estimate of drug-likeness (QED) is 0.849. The van der Waals surface area contributed by atoms with Gasteiger partial charge in [-0.05, 0) is 26.2 Å². The Bertz CT molecular complexity index is 287. The summed E-state index contributed by atoms with van der Waals surface area (Å²) in [7, 11) is 0. The Balaban J connectivity index is 2.09. The molecule has 1 N–H and O–H groups in total. The molecular formula is C15H29NO3. The van der Waals surface area contributed by atoms with Crippen LogP contribution >= 0.6 is 0 Å². The first kappa shape index (κ1) is 15.2. The summed E-state index contributed by atoms with van der Waals surface area (Å²) in [5.41, 5.74) is 0. The Morgan fingerprint density at radius 3 is 2.37 bits per heavy atom. The molecule has 1 aliphatic heterocycles. The van der Waals surface area contributed by atoms with E-state index in [2.05, 4.69) is 32.6 Å². The van der Waals surface area contributed by atoms with Gasteiger partial charge in [-0.2, -0.15) is 0 Å². The van der Waals surface area contributed by atoms with Gasteiger partial charge in [0, 0.05) is 31.5 Å². The van der Waals surface area contributed by atoms with Gasteiger partial charge in [-0.1, -0.05) is 13.8 Å². The molecule has 2 atom stereocenters. The van der Waals surface area contributed by atoms with E-state index in [0.29, 0.717) is 25.2 Å². The molecule has 1 spiro atoms. The van der Waals surface area contributed by atoms with Crippen molar-refractivity contribution >= 4 is 0 Å². The van der Waals surface area contributed by atoms with Crippen LogP contribution in [0.1, 0.15) is 47.0 Å². The van der Waals surface area contributed by atoms with Gasteiger partial charge >= 0.3 is 0 Å². The molecular weight excluding hydrogens is 242 g/mol. The number of hydrogen-bond donors (Lipinski definition) is 1. The maximum atomic E-state index is 10.4. The van der Waals surface area contributed by atoms with Crippen LogP contribution in [0, 0.1) is 5.92 Å². The van der Waals surface area contributed by atoms with Gasteiger partial charge in [-0.3, -0.25) is 4.90 Å². The van der Waals surface area contributed by atoms with Crippen molar-refractivity contribution in [3.05, 3.63) is 0 Å². The lowest BCUT2D eigenvalue weighted by atomic mass is 9.85. The molecule has 0 bridgehead atoms. The van der Waals surface area contributed by atoms with Crippen molar-refractivity contribution in [2.75, 3.05) is 19.8 Å². The minimum Gasteiger partial charge on any atom is -0.391 e. The van der Waals surface area contributed by atoms with Gasteiger partial charge in [0.05, 0.1) is 19.3 Å². The van der Waals surface area contributed by atoms with Gasteiger partial charge in [-0.15, -0.1) is 0 Å². The Labute approximate surface area is 117 Å². The minimum atomic E-state index is -0.423. The average molecular weight is 271 g/mol. The summed E-state index contributed by atoms with van der Waals surface area (Å²) in [6, 6.07) is 0.577. The van der Waals surface area contributed by atoms with Crippen molar-refractivity contribution < 1.29 is 14.6 Å². The molecule has 2 aliphatic rings. The predicted octanol–water partition coefficient (Wildman–Crippen LogP) is 2.01. The third-order valence-corrected chi connectivity index (χ3v) is 4.26. The zero-order chi connectivity index (χ0) is 14.0. The van der Waals surface area contributed by atoms with E-state index in [9.17, 15) is 5.11 Å². The molecule has 0 aromatic rings. The highest BCUT2D eigenvalue weighted by molar-refractivity contribution is 4.94. The van der Waals surface area contributed by atoms with Crippen molar-refractivity contribution in [2.24, 2.45) is 5.92 Å². The third kappa shape index (κ3) is 3.48. The van der Waals surface area contributed by atoms with Gasteiger partial charge in [0.2, 0.25) is 0 Å². The molecule has 1 heterocycles. The number of nitrogens with zero attached hydrogens (tertiary/aromatic N) is 1. The molecule has 1 saturated carbocycles. The molecule has 0 amide bonds. The molecule has 2 fully saturated rings. The van der Waals surface area contributed by atoms with Crippen LogP contribution in [-0.4, -0.2) is 53.7 Å². The normalized spacial score (nSPS) is 30.9. The maximum Gasteiger partial charge on any atom is 0.170 e. The van der Waals surface area contributed by atoms with Crippen LogP contribution in [0.2, 0.25) is 0 Å². The first-order valence-corrected chi connectivity index (χ1v) is 7.65. The summed E-state index contributed by atoms with van der Waals surface area (Å²) in [5.74, 6) is 0.173. The number of aliphatic hydroxyl groups excluding tert-OH is 1. The molecule has 0 aromatic carbocycles. The van der Waals surface area contributed by atoms with Gasteiger partial charge in [-0.25, -0.2) is 0 Å². The average Bonchev–Trinajstić information content (AvgIpc) is 2.78. The molecule has 4 nitrogen and oxygen atoms in total. The second-order valence-electron chi connectivity index (χ2n) is 6.67. The molecule has 2 unspecified atom stereocenters. The van der Waals surface area contributed by atoms with Crippen molar-refractivity contribution in [2.45, 2.75) is 70.9 Å². The molecule has 2 rings (SSSR count). The molecule has 112 valence electrons. The topological polar surface area (TPSA) is 41.9 Å². The van der Waals surface area contributed by atoms with E-state index in [4.69, 9.17) is 9.47 Å². The summed E-state index contributed by atoms with van der Waals surface area (Å²) in [6.45, 7) is 11.2. The summed E-state index contributed by atoms with van der Waals surface area (Å²) >= 11 is 0. The second-order valence-corrected chi connectivity index (χ2v) is 6.67. The van der Waals surface area contributed by atoms with Crippen molar-refractivity contribution in [3.63, 3.8) is 0 Å². The van der Waals surface area contributed by atoms with Crippen LogP contribution in [-0.2, 0) is 9.47 Å². The molecule has 4 heteroatoms. The third-order valence-electron chi connectivity index (χ3n) is 4.26. The van der Waals surface area contributed by atoms with E-state index in [1.54, 1.807) is 0 Å². The van der Waals surface area contributed by atoms with Crippen molar-refractivity contribution in [3.8, 4) is 0 Å². The second kappa shape index (κ2) is 6.08. The SMILES string of the molecule is CC(C)CN(C(C)C)C1CC2(CCC1O)OCCO2. The van der Waals surface area contributed by atoms with Crippen LogP contribution < -0.4 is 0 Å². The van der Waals surface area contributed by atoms with E-state index in [-0.39, 0.29) is 12.1 Å². The number of hydrogen-bond acceptors (Lipinski definition) is 4. The van der Waals surface area contributed by atoms with Gasteiger partial charge in [0.15, 0.2) is 5.79 Å². The van der Waals surface area contributed by atoms with Crippen LogP contribution in [0.15, 0.2) is 0 Å². The molecule has 19 heavy (non-hydrogen) atoms. The van der Waals surface area contributed by atoms with Gasteiger partial charge in [0.25, 0.3) is 0 Å². The fourth-order valence-corrected chi connectivity index (χ4v) is 3.37. The lowest BCUT2D eigenvalue weighted by molar-refractivity contribution is -0.207. The molecule has 0 aromatic heterocycles. The van der Waals surface area contributed by atoms with Crippen LogP contribution in [0.25, 0.3) is 0 Å². The number of rotatable bonds is 4. The van der Waals surface area contributed by atoms with E-state index in [1.807, 2.05) is 0 Å². The highest BCUT2D eigenvalue weighted by atomic mass is 16.7. The summed E-state index contributed by atoms with van der Waals surface area (Å²) in [6.07, 6.45) is 2.11. The smallest absolute Gasteiger partial charge is 0.170 e. The number of ether oxygens (including phenoxy) is 2. The lowest BCUT2D eigenvalue weighted by Gasteiger charge is -2.46. The standard InChI is InChI=1S/C15H29NO3/c1-11(2)10-16(12(3)4)13-9-15(6-5-14(13)17)18-7-8-19-15/h11-14,17H,5-10H2,1-4H3. The fraction of sp³-hybridized carbons (Fsp3) is 1.00. The van der Waals surface area contributed by atoms with Crippen LogP contribution in [0.5, 0.6) is 0 Å². The first-order chi connectivity index (χ1) is 8.93. The summed E-state index contributed by atoms with van der Waals surface area (Å²) in [4.78, 5) is 2.42. The van der Waals surface area contributed by atoms with Crippen LogP contribution in [0.3, 0.4) is 0 Å². The van der Waals surface area contributed by atoms with E-state index in [1.165, 1.54) is 0 Å². The largest absolute Gasteiger partial charge is 0.391 e. The zero-order valence-corrected chi connectivity index (χ0v) is 12.8. The molecule has 1 aliphatic carbocycles. The Kier molecular flexibility index (Phi) is 4.88. The van der Waals surface area contributed by atoms with E-state index >= 15 is 0 Å². The number of aliphatic hydroxyl groups is 1. The lowest BCUT2D eigenvalue weighted by Crippen LogP contribution is -2.56. The van der Waals surface area contributed by atoms with E-state index < -0.39 is 5.79 Å². The summed E-state index contributed by atoms with van der Waals surface area (Å²) in [5, 5.41) is 10.4. The fourth-order valence-electron chi connectivity index (χ4n) is 3.37. The minimum absolute atomic E-state index is 0.147. The van der Waals surface area contributed by atoms with Gasteiger partial charge in [0.1, 0.15) is 0 Å².